The van der Waals surface area contributed by atoms with E-state index in [-0.39, 0.29) is 12.0 Å². The van der Waals surface area contributed by atoms with Crippen molar-refractivity contribution in [2.75, 3.05) is 10.6 Å². The number of aryl methyl sites for hydroxylation is 1. The van der Waals surface area contributed by atoms with Gasteiger partial charge in [0.25, 0.3) is 5.91 Å². The van der Waals surface area contributed by atoms with Crippen LogP contribution >= 0.6 is 0 Å². The van der Waals surface area contributed by atoms with Gasteiger partial charge in [-0.2, -0.15) is 0 Å². The number of para-hydroxylation sites is 3. The Hall–Kier alpha value is -3.27. The lowest BCUT2D eigenvalue weighted by Crippen LogP contribution is -2.15. The lowest BCUT2D eigenvalue weighted by molar-refractivity contribution is 0.102. The molecule has 0 spiro atoms. The van der Waals surface area contributed by atoms with E-state index in [4.69, 9.17) is 4.74 Å². The van der Waals surface area contributed by atoms with Crippen molar-refractivity contribution >= 4 is 17.3 Å². The van der Waals surface area contributed by atoms with Crippen LogP contribution in [0, 0.1) is 6.92 Å². The number of ether oxygens (including phenoxy) is 1. The molecule has 3 aromatic rings. The number of hydrogen-bond donors (Lipinski definition) is 2. The van der Waals surface area contributed by atoms with Crippen LogP contribution in [0.5, 0.6) is 5.75 Å². The van der Waals surface area contributed by atoms with Crippen molar-refractivity contribution in [2.24, 2.45) is 0 Å². The second-order valence-electron chi connectivity index (χ2n) is 7.21. The van der Waals surface area contributed by atoms with Gasteiger partial charge in [-0.15, -0.1) is 0 Å². The van der Waals surface area contributed by atoms with E-state index < -0.39 is 0 Å². The zero-order valence-corrected chi connectivity index (χ0v) is 16.2. The van der Waals surface area contributed by atoms with Crippen LogP contribution in [0.3, 0.4) is 0 Å². The van der Waals surface area contributed by atoms with E-state index >= 15 is 0 Å². The minimum atomic E-state index is -0.156. The number of rotatable bonds is 5. The van der Waals surface area contributed by atoms with Crippen LogP contribution in [-0.2, 0) is 13.0 Å². The molecule has 4 heteroatoms. The highest BCUT2D eigenvalue weighted by Crippen LogP contribution is 2.33. The Kier molecular flexibility index (Phi) is 5.02. The van der Waals surface area contributed by atoms with Crippen LogP contribution in [0.1, 0.15) is 34.0 Å². The van der Waals surface area contributed by atoms with E-state index in [9.17, 15) is 4.79 Å². The molecule has 2 N–H and O–H groups in total. The Bertz CT molecular complexity index is 1010. The van der Waals surface area contributed by atoms with Gasteiger partial charge in [0.2, 0.25) is 0 Å². The van der Waals surface area contributed by atoms with Gasteiger partial charge in [0.1, 0.15) is 11.9 Å². The minimum absolute atomic E-state index is 0.104. The van der Waals surface area contributed by atoms with E-state index in [1.807, 2.05) is 61.5 Å². The highest BCUT2D eigenvalue weighted by Gasteiger charge is 2.25. The number of nitrogens with one attached hydrogen (secondary N) is 2. The van der Waals surface area contributed by atoms with Gasteiger partial charge in [-0.25, -0.2) is 0 Å². The summed E-state index contributed by atoms with van der Waals surface area (Å²) in [6, 6.07) is 21.8. The molecule has 0 fully saturated rings. The van der Waals surface area contributed by atoms with Crippen molar-refractivity contribution in [3.8, 4) is 5.75 Å². The third-order valence-electron chi connectivity index (χ3n) is 5.07. The molecule has 4 rings (SSSR count). The van der Waals surface area contributed by atoms with Crippen molar-refractivity contribution in [3.05, 3.63) is 89.0 Å². The number of amides is 1. The molecule has 0 aliphatic carbocycles. The zero-order chi connectivity index (χ0) is 19.5. The standard InChI is InChI=1S/C24H24N2O2/c1-16-8-3-4-9-19(16)15-25-21-12-5-6-13-22(21)26-24(27)20-11-7-10-18-14-17(2)28-23(18)20/h3-13,17,25H,14-15H2,1-2H3,(H,26,27). The number of hydrogen-bond acceptors (Lipinski definition) is 3. The van der Waals surface area contributed by atoms with Gasteiger partial charge in [0.05, 0.1) is 16.9 Å². The molecule has 3 aromatic carbocycles. The molecule has 1 unspecified atom stereocenters. The van der Waals surface area contributed by atoms with Gasteiger partial charge < -0.3 is 15.4 Å². The van der Waals surface area contributed by atoms with Crippen LogP contribution < -0.4 is 15.4 Å². The van der Waals surface area contributed by atoms with E-state index in [0.29, 0.717) is 17.9 Å². The molecule has 4 nitrogen and oxygen atoms in total. The van der Waals surface area contributed by atoms with Crippen LogP contribution in [0.25, 0.3) is 0 Å². The summed E-state index contributed by atoms with van der Waals surface area (Å²) < 4.78 is 5.87. The molecule has 0 saturated carbocycles. The van der Waals surface area contributed by atoms with E-state index in [1.165, 1.54) is 11.1 Å². The van der Waals surface area contributed by atoms with Crippen molar-refractivity contribution in [1.29, 1.82) is 0 Å². The number of carbonyl (C=O) groups excluding carboxylic acids is 1. The molecule has 142 valence electrons. The van der Waals surface area contributed by atoms with Crippen LogP contribution in [-0.4, -0.2) is 12.0 Å². The Morgan fingerprint density at radius 1 is 1.00 bits per heavy atom. The lowest BCUT2D eigenvalue weighted by Gasteiger charge is -2.15. The van der Waals surface area contributed by atoms with Crippen LogP contribution in [0.15, 0.2) is 66.7 Å². The van der Waals surface area contributed by atoms with Crippen molar-refractivity contribution < 1.29 is 9.53 Å². The van der Waals surface area contributed by atoms with Gasteiger partial charge in [-0.1, -0.05) is 48.5 Å². The second-order valence-corrected chi connectivity index (χ2v) is 7.21. The summed E-state index contributed by atoms with van der Waals surface area (Å²) in [5.41, 5.74) is 5.78. The predicted molar refractivity (Wildman–Crippen MR) is 113 cm³/mol. The van der Waals surface area contributed by atoms with E-state index in [0.717, 1.165) is 23.4 Å². The second kappa shape index (κ2) is 7.77. The first-order valence-corrected chi connectivity index (χ1v) is 9.59. The van der Waals surface area contributed by atoms with E-state index in [1.54, 1.807) is 0 Å². The van der Waals surface area contributed by atoms with Gasteiger partial charge >= 0.3 is 0 Å². The normalized spacial score (nSPS) is 14.9. The number of benzene rings is 3. The Balaban J connectivity index is 1.53. The highest BCUT2D eigenvalue weighted by atomic mass is 16.5. The average Bonchev–Trinajstić information content (AvgIpc) is 3.08. The van der Waals surface area contributed by atoms with Crippen molar-refractivity contribution in [2.45, 2.75) is 32.9 Å². The maximum atomic E-state index is 12.9. The summed E-state index contributed by atoms with van der Waals surface area (Å²) in [6.07, 6.45) is 0.942. The van der Waals surface area contributed by atoms with Gasteiger partial charge in [0.15, 0.2) is 0 Å². The molecule has 28 heavy (non-hydrogen) atoms. The smallest absolute Gasteiger partial charge is 0.259 e. The Morgan fingerprint density at radius 2 is 1.75 bits per heavy atom. The van der Waals surface area contributed by atoms with Crippen LogP contribution in [0.4, 0.5) is 11.4 Å². The van der Waals surface area contributed by atoms with Gasteiger partial charge in [-0.3, -0.25) is 4.79 Å². The molecule has 0 radical (unpaired) electrons. The highest BCUT2D eigenvalue weighted by molar-refractivity contribution is 6.08. The fraction of sp³-hybridized carbons (Fsp3) is 0.208. The quantitative estimate of drug-likeness (QED) is 0.648. The van der Waals surface area contributed by atoms with E-state index in [2.05, 4.69) is 29.7 Å². The summed E-state index contributed by atoms with van der Waals surface area (Å²) in [5, 5.41) is 6.48. The first-order chi connectivity index (χ1) is 13.6. The molecule has 1 aliphatic heterocycles. The lowest BCUT2D eigenvalue weighted by atomic mass is 10.1. The average molecular weight is 372 g/mol. The first-order valence-electron chi connectivity index (χ1n) is 9.59. The fourth-order valence-corrected chi connectivity index (χ4v) is 3.55. The summed E-state index contributed by atoms with van der Waals surface area (Å²) >= 11 is 0. The first kappa shape index (κ1) is 18.1. The number of fused-ring (bicyclic) bond motifs is 1. The topological polar surface area (TPSA) is 50.4 Å². The molecule has 1 amide bonds. The van der Waals surface area contributed by atoms with Crippen LogP contribution in [0.2, 0.25) is 0 Å². The predicted octanol–water partition coefficient (Wildman–Crippen LogP) is 5.18. The third kappa shape index (κ3) is 3.72. The largest absolute Gasteiger partial charge is 0.489 e. The molecule has 0 aromatic heterocycles. The molecular weight excluding hydrogens is 348 g/mol. The van der Waals surface area contributed by atoms with Gasteiger partial charge in [0, 0.05) is 13.0 Å². The third-order valence-corrected chi connectivity index (χ3v) is 5.07. The Morgan fingerprint density at radius 3 is 2.57 bits per heavy atom. The molecule has 1 aliphatic rings. The van der Waals surface area contributed by atoms with Crippen molar-refractivity contribution in [1.82, 2.24) is 0 Å². The number of carbonyl (C=O) groups is 1. The summed E-state index contributed by atoms with van der Waals surface area (Å²) in [6.45, 7) is 4.81. The SMILES string of the molecule is Cc1ccccc1CNc1ccccc1NC(=O)c1cccc2c1OC(C)C2. The molecule has 0 bridgehead atoms. The maximum Gasteiger partial charge on any atom is 0.259 e. The van der Waals surface area contributed by atoms with Gasteiger partial charge in [-0.05, 0) is 48.7 Å². The number of anilines is 2. The molecular formula is C24H24N2O2. The summed E-state index contributed by atoms with van der Waals surface area (Å²) in [5.74, 6) is 0.550. The summed E-state index contributed by atoms with van der Waals surface area (Å²) in [4.78, 5) is 12.9. The molecule has 0 saturated heterocycles. The minimum Gasteiger partial charge on any atom is -0.489 e. The molecule has 1 atom stereocenters. The zero-order valence-electron chi connectivity index (χ0n) is 16.2. The summed E-state index contributed by atoms with van der Waals surface area (Å²) in [7, 11) is 0. The monoisotopic (exact) mass is 372 g/mol. The maximum absolute atomic E-state index is 12.9. The van der Waals surface area contributed by atoms with Crippen molar-refractivity contribution in [3.63, 3.8) is 0 Å². The molecule has 1 heterocycles. The Labute approximate surface area is 165 Å². The fourth-order valence-electron chi connectivity index (χ4n) is 3.55.